The van der Waals surface area contributed by atoms with Gasteiger partial charge in [0.25, 0.3) is 10.0 Å². The molecular weight excluding hydrogens is 362 g/mol. The zero-order valence-electron chi connectivity index (χ0n) is 13.0. The molecule has 0 aliphatic heterocycles. The van der Waals surface area contributed by atoms with Crippen molar-refractivity contribution in [2.75, 3.05) is 11.0 Å². The topological polar surface area (TPSA) is 109 Å². The van der Waals surface area contributed by atoms with Crippen molar-refractivity contribution in [1.29, 1.82) is 0 Å². The second-order valence-electron chi connectivity index (χ2n) is 5.00. The molecule has 1 aromatic heterocycles. The lowest BCUT2D eigenvalue weighted by molar-refractivity contribution is 0.0698. The number of benzene rings is 2. The normalized spacial score (nSPS) is 11.4. The van der Waals surface area contributed by atoms with Crippen LogP contribution in [0.5, 0.6) is 0 Å². The molecule has 0 aliphatic carbocycles. The molecule has 0 fully saturated rings. The summed E-state index contributed by atoms with van der Waals surface area (Å²) in [5, 5.41) is 9.30. The Kier molecular flexibility index (Phi) is 4.60. The van der Waals surface area contributed by atoms with Crippen molar-refractivity contribution in [2.24, 2.45) is 0 Å². The molecular formula is C16H13N3O4S2. The number of nitrogens with one attached hydrogen (secondary N) is 1. The Bertz CT molecular complexity index is 1060. The summed E-state index contributed by atoms with van der Waals surface area (Å²) in [6.45, 7) is 0. The molecule has 25 heavy (non-hydrogen) atoms. The summed E-state index contributed by atoms with van der Waals surface area (Å²) in [6.07, 6.45) is 4.68. The van der Waals surface area contributed by atoms with Gasteiger partial charge in [-0.25, -0.2) is 13.2 Å². The van der Waals surface area contributed by atoms with Gasteiger partial charge in [-0.3, -0.25) is 14.7 Å². The summed E-state index contributed by atoms with van der Waals surface area (Å²) in [5.74, 6) is -1.22. The van der Waals surface area contributed by atoms with Gasteiger partial charge in [0.2, 0.25) is 0 Å². The van der Waals surface area contributed by atoms with E-state index in [0.29, 0.717) is 5.52 Å². The molecule has 0 unspecified atom stereocenters. The van der Waals surface area contributed by atoms with E-state index in [4.69, 9.17) is 0 Å². The van der Waals surface area contributed by atoms with Crippen LogP contribution in [0.2, 0.25) is 0 Å². The first-order valence-electron chi connectivity index (χ1n) is 7.06. The number of aromatic carboxylic acids is 1. The highest BCUT2D eigenvalue weighted by molar-refractivity contribution is 7.98. The van der Waals surface area contributed by atoms with Gasteiger partial charge in [-0.2, -0.15) is 0 Å². The molecule has 0 aliphatic rings. The second-order valence-corrected chi connectivity index (χ2v) is 7.53. The molecule has 7 nitrogen and oxygen atoms in total. The van der Waals surface area contributed by atoms with Gasteiger partial charge < -0.3 is 5.11 Å². The monoisotopic (exact) mass is 375 g/mol. The van der Waals surface area contributed by atoms with Crippen molar-refractivity contribution in [1.82, 2.24) is 9.97 Å². The molecule has 128 valence electrons. The van der Waals surface area contributed by atoms with Crippen LogP contribution in [0.1, 0.15) is 10.4 Å². The van der Waals surface area contributed by atoms with Crippen LogP contribution in [0.4, 0.5) is 5.69 Å². The minimum atomic E-state index is -4.05. The van der Waals surface area contributed by atoms with E-state index in [-0.39, 0.29) is 21.7 Å². The lowest BCUT2D eigenvalue weighted by Gasteiger charge is -2.12. The van der Waals surface area contributed by atoms with E-state index >= 15 is 0 Å². The third kappa shape index (κ3) is 3.42. The Balaban J connectivity index is 2.12. The lowest BCUT2D eigenvalue weighted by Crippen LogP contribution is -2.16. The highest BCUT2D eigenvalue weighted by Crippen LogP contribution is 2.27. The largest absolute Gasteiger partial charge is 0.478 e. The molecule has 2 aromatic carbocycles. The number of para-hydroxylation sites is 1. The molecule has 0 amide bonds. The maximum atomic E-state index is 12.8. The van der Waals surface area contributed by atoms with Gasteiger partial charge in [0, 0.05) is 17.3 Å². The number of aromatic nitrogens is 2. The standard InChI is InChI=1S/C16H13N3O4S2/c1-24-10-5-6-11(16(20)21)13(9-10)19-25(22,23)14-4-2-3-12-15(14)18-8-7-17-12/h2-9,19H,1H3,(H,20,21). The summed E-state index contributed by atoms with van der Waals surface area (Å²) < 4.78 is 28.0. The van der Waals surface area contributed by atoms with Gasteiger partial charge in [0.05, 0.1) is 16.8 Å². The van der Waals surface area contributed by atoms with Gasteiger partial charge in [-0.15, -0.1) is 11.8 Å². The van der Waals surface area contributed by atoms with Crippen LogP contribution in [-0.2, 0) is 10.0 Å². The Labute approximate surface area is 148 Å². The van der Waals surface area contributed by atoms with Gasteiger partial charge in [-0.05, 0) is 36.6 Å². The molecule has 0 bridgehead atoms. The van der Waals surface area contributed by atoms with E-state index in [1.165, 1.54) is 42.4 Å². The number of anilines is 1. The first-order valence-corrected chi connectivity index (χ1v) is 9.77. The number of carboxylic acid groups (broad SMARTS) is 1. The third-order valence-electron chi connectivity index (χ3n) is 3.45. The molecule has 0 saturated heterocycles. The molecule has 1 heterocycles. The molecule has 0 saturated carbocycles. The van der Waals surface area contributed by atoms with E-state index in [9.17, 15) is 18.3 Å². The number of rotatable bonds is 5. The Morgan fingerprint density at radius 2 is 1.92 bits per heavy atom. The van der Waals surface area contributed by atoms with Crippen LogP contribution >= 0.6 is 11.8 Å². The molecule has 9 heteroatoms. The minimum Gasteiger partial charge on any atom is -0.478 e. The van der Waals surface area contributed by atoms with Gasteiger partial charge in [-0.1, -0.05) is 6.07 Å². The first-order chi connectivity index (χ1) is 11.9. The van der Waals surface area contributed by atoms with E-state index < -0.39 is 16.0 Å². The smallest absolute Gasteiger partial charge is 0.337 e. The zero-order chi connectivity index (χ0) is 18.0. The summed E-state index contributed by atoms with van der Waals surface area (Å²) in [4.78, 5) is 20.2. The summed E-state index contributed by atoms with van der Waals surface area (Å²) in [5.41, 5.74) is 0.519. The average molecular weight is 375 g/mol. The van der Waals surface area contributed by atoms with Crippen LogP contribution in [0.15, 0.2) is 58.6 Å². The minimum absolute atomic E-state index is 0.000225. The van der Waals surface area contributed by atoms with Crippen molar-refractivity contribution in [3.63, 3.8) is 0 Å². The summed E-state index contributed by atoms with van der Waals surface area (Å²) in [6, 6.07) is 9.09. The lowest BCUT2D eigenvalue weighted by atomic mass is 10.2. The SMILES string of the molecule is CSc1ccc(C(=O)O)c(NS(=O)(=O)c2cccc3nccnc23)c1. The van der Waals surface area contributed by atoms with Crippen molar-refractivity contribution < 1.29 is 18.3 Å². The number of fused-ring (bicyclic) bond motifs is 1. The summed E-state index contributed by atoms with van der Waals surface area (Å²) >= 11 is 1.38. The Morgan fingerprint density at radius 1 is 1.16 bits per heavy atom. The molecule has 2 N–H and O–H groups in total. The van der Waals surface area contributed by atoms with Crippen LogP contribution in [-0.4, -0.2) is 35.7 Å². The Hall–Kier alpha value is -2.65. The van der Waals surface area contributed by atoms with Gasteiger partial charge in [0.15, 0.2) is 0 Å². The molecule has 0 atom stereocenters. The highest BCUT2D eigenvalue weighted by atomic mass is 32.2. The Morgan fingerprint density at radius 3 is 2.64 bits per heavy atom. The van der Waals surface area contributed by atoms with Crippen molar-refractivity contribution in [3.05, 3.63) is 54.4 Å². The zero-order valence-corrected chi connectivity index (χ0v) is 14.6. The van der Waals surface area contributed by atoms with Gasteiger partial charge >= 0.3 is 5.97 Å². The van der Waals surface area contributed by atoms with Crippen LogP contribution in [0.25, 0.3) is 11.0 Å². The van der Waals surface area contributed by atoms with Crippen molar-refractivity contribution in [3.8, 4) is 0 Å². The maximum absolute atomic E-state index is 12.8. The molecule has 0 radical (unpaired) electrons. The second kappa shape index (κ2) is 6.69. The van der Waals surface area contributed by atoms with E-state index in [2.05, 4.69) is 14.7 Å². The average Bonchev–Trinajstić information content (AvgIpc) is 2.60. The fourth-order valence-electron chi connectivity index (χ4n) is 2.30. The van der Waals surface area contributed by atoms with Crippen molar-refractivity contribution >= 4 is 44.5 Å². The molecule has 0 spiro atoms. The fourth-order valence-corrected chi connectivity index (χ4v) is 3.98. The number of carbonyl (C=O) groups is 1. The number of hydrogen-bond acceptors (Lipinski definition) is 6. The maximum Gasteiger partial charge on any atom is 0.337 e. The molecule has 3 rings (SSSR count). The van der Waals surface area contributed by atoms with Crippen LogP contribution in [0.3, 0.4) is 0 Å². The number of hydrogen-bond donors (Lipinski definition) is 2. The number of thioether (sulfide) groups is 1. The van der Waals surface area contributed by atoms with Crippen molar-refractivity contribution in [2.45, 2.75) is 9.79 Å². The number of nitrogens with zero attached hydrogens (tertiary/aromatic N) is 2. The van der Waals surface area contributed by atoms with Gasteiger partial charge in [0.1, 0.15) is 10.4 Å². The third-order valence-corrected chi connectivity index (χ3v) is 5.58. The van der Waals surface area contributed by atoms with E-state index in [1.807, 2.05) is 6.26 Å². The highest BCUT2D eigenvalue weighted by Gasteiger charge is 2.22. The van der Waals surface area contributed by atoms with E-state index in [1.54, 1.807) is 18.2 Å². The van der Waals surface area contributed by atoms with E-state index in [0.717, 1.165) is 4.90 Å². The predicted molar refractivity (Wildman–Crippen MR) is 95.5 cm³/mol. The van der Waals surface area contributed by atoms with Crippen LogP contribution < -0.4 is 4.72 Å². The fraction of sp³-hybridized carbons (Fsp3) is 0.0625. The first kappa shape index (κ1) is 17.2. The van der Waals surface area contributed by atoms with Crippen LogP contribution in [0, 0.1) is 0 Å². The quantitative estimate of drug-likeness (QED) is 0.660. The number of sulfonamides is 1. The predicted octanol–water partition coefficient (Wildman–Crippen LogP) is 2.85. The molecule has 3 aromatic rings. The number of carboxylic acids is 1. The summed E-state index contributed by atoms with van der Waals surface area (Å²) in [7, 11) is -4.05.